The van der Waals surface area contributed by atoms with E-state index in [2.05, 4.69) is 0 Å². The molecule has 0 unspecified atom stereocenters. The number of halogens is 3. The van der Waals surface area contributed by atoms with Gasteiger partial charge in [0.05, 0.1) is 0 Å². The quantitative estimate of drug-likeness (QED) is 0.737. The first-order chi connectivity index (χ1) is 9.19. The van der Waals surface area contributed by atoms with E-state index in [1.165, 1.54) is 24.3 Å². The molecule has 2 aromatic carbocycles. The molecule has 19 heavy (non-hydrogen) atoms. The molecule has 0 N–H and O–H groups in total. The minimum absolute atomic E-state index is 0.230. The van der Waals surface area contributed by atoms with E-state index >= 15 is 0 Å². The first kappa shape index (κ1) is 12.4. The highest BCUT2D eigenvalue weighted by atomic mass is 35.5. The second kappa shape index (κ2) is 4.82. The Morgan fingerprint density at radius 3 is 2.53 bits per heavy atom. The van der Waals surface area contributed by atoms with Crippen molar-refractivity contribution in [2.75, 3.05) is 11.4 Å². The second-order valence-electron chi connectivity index (χ2n) is 4.58. The molecule has 1 nitrogen and oxygen atoms in total. The summed E-state index contributed by atoms with van der Waals surface area (Å²) in [5.74, 6) is -0.341. The number of hydrogen-bond acceptors (Lipinski definition) is 1. The molecular weight excluding hydrogens is 268 g/mol. The van der Waals surface area contributed by atoms with E-state index in [1.807, 2.05) is 4.90 Å². The van der Waals surface area contributed by atoms with Crippen LogP contribution in [0.2, 0.25) is 0 Å². The number of alkyl halides is 1. The zero-order chi connectivity index (χ0) is 13.4. The summed E-state index contributed by atoms with van der Waals surface area (Å²) in [5, 5.41) is 0. The monoisotopic (exact) mass is 279 g/mol. The highest BCUT2D eigenvalue weighted by Crippen LogP contribution is 2.37. The minimum Gasteiger partial charge on any atom is -0.341 e. The summed E-state index contributed by atoms with van der Waals surface area (Å²) in [4.78, 5) is 2.00. The van der Waals surface area contributed by atoms with E-state index < -0.39 is 0 Å². The van der Waals surface area contributed by atoms with Gasteiger partial charge in [-0.3, -0.25) is 0 Å². The van der Waals surface area contributed by atoms with Crippen molar-refractivity contribution >= 4 is 23.0 Å². The second-order valence-corrected chi connectivity index (χ2v) is 4.85. The van der Waals surface area contributed by atoms with Crippen molar-refractivity contribution in [2.45, 2.75) is 12.3 Å². The molecule has 0 amide bonds. The molecule has 4 heteroatoms. The Kier molecular flexibility index (Phi) is 3.15. The van der Waals surface area contributed by atoms with Gasteiger partial charge in [-0.05, 0) is 47.9 Å². The van der Waals surface area contributed by atoms with Crippen LogP contribution in [-0.4, -0.2) is 6.54 Å². The van der Waals surface area contributed by atoms with Crippen LogP contribution in [-0.2, 0) is 12.3 Å². The van der Waals surface area contributed by atoms with Gasteiger partial charge in [-0.1, -0.05) is 6.07 Å². The van der Waals surface area contributed by atoms with Gasteiger partial charge in [-0.2, -0.15) is 0 Å². The molecule has 0 atom stereocenters. The van der Waals surface area contributed by atoms with Gasteiger partial charge in [0.1, 0.15) is 11.6 Å². The SMILES string of the molecule is Fc1ccc(N2CCc3ccc(F)cc32)c(CCl)c1. The number of hydrogen-bond donors (Lipinski definition) is 0. The molecule has 0 radical (unpaired) electrons. The van der Waals surface area contributed by atoms with Crippen LogP contribution in [0.25, 0.3) is 0 Å². The number of fused-ring (bicyclic) bond motifs is 1. The summed E-state index contributed by atoms with van der Waals surface area (Å²) in [5.41, 5.74) is 3.52. The summed E-state index contributed by atoms with van der Waals surface area (Å²) >= 11 is 5.87. The van der Waals surface area contributed by atoms with Crippen LogP contribution in [0.5, 0.6) is 0 Å². The smallest absolute Gasteiger partial charge is 0.125 e. The van der Waals surface area contributed by atoms with Gasteiger partial charge < -0.3 is 4.90 Å². The van der Waals surface area contributed by atoms with Crippen molar-refractivity contribution < 1.29 is 8.78 Å². The molecule has 98 valence electrons. The summed E-state index contributed by atoms with van der Waals surface area (Å²) in [6.45, 7) is 0.758. The predicted octanol–water partition coefficient (Wildman–Crippen LogP) is 4.40. The lowest BCUT2D eigenvalue weighted by Crippen LogP contribution is -2.15. The Hall–Kier alpha value is -1.61. The van der Waals surface area contributed by atoms with E-state index in [0.717, 1.165) is 35.5 Å². The molecular formula is C15H12ClF2N. The fraction of sp³-hybridized carbons (Fsp3) is 0.200. The van der Waals surface area contributed by atoms with E-state index in [9.17, 15) is 8.78 Å². The van der Waals surface area contributed by atoms with E-state index in [1.54, 1.807) is 12.1 Å². The lowest BCUT2D eigenvalue weighted by molar-refractivity contribution is 0.625. The van der Waals surface area contributed by atoms with E-state index in [0.29, 0.717) is 0 Å². The van der Waals surface area contributed by atoms with Crippen LogP contribution in [0.15, 0.2) is 36.4 Å². The maximum absolute atomic E-state index is 13.4. The number of nitrogens with zero attached hydrogens (tertiary/aromatic N) is 1. The fourth-order valence-electron chi connectivity index (χ4n) is 2.53. The lowest BCUT2D eigenvalue weighted by atomic mass is 10.1. The van der Waals surface area contributed by atoms with Crippen LogP contribution >= 0.6 is 11.6 Å². The molecule has 0 saturated carbocycles. The molecule has 0 aliphatic carbocycles. The third kappa shape index (κ3) is 2.19. The molecule has 0 spiro atoms. The molecule has 1 aliphatic heterocycles. The number of benzene rings is 2. The van der Waals surface area contributed by atoms with Gasteiger partial charge in [0, 0.05) is 23.8 Å². The Morgan fingerprint density at radius 2 is 1.74 bits per heavy atom. The minimum atomic E-state index is -0.307. The fourth-order valence-corrected chi connectivity index (χ4v) is 2.74. The molecule has 1 heterocycles. The summed E-state index contributed by atoms with van der Waals surface area (Å²) < 4.78 is 26.6. The van der Waals surface area contributed by atoms with Crippen LogP contribution < -0.4 is 4.90 Å². The van der Waals surface area contributed by atoms with Crippen molar-refractivity contribution in [3.8, 4) is 0 Å². The normalized spacial score (nSPS) is 13.7. The Morgan fingerprint density at radius 1 is 1.00 bits per heavy atom. The number of anilines is 2. The van der Waals surface area contributed by atoms with Crippen molar-refractivity contribution in [3.63, 3.8) is 0 Å². The Bertz CT molecular complexity index is 628. The van der Waals surface area contributed by atoms with Gasteiger partial charge >= 0.3 is 0 Å². The molecule has 1 aliphatic rings. The molecule has 3 rings (SSSR count). The molecule has 0 aromatic heterocycles. The highest BCUT2D eigenvalue weighted by Gasteiger charge is 2.22. The van der Waals surface area contributed by atoms with Gasteiger partial charge in [0.15, 0.2) is 0 Å². The first-order valence-corrected chi connectivity index (χ1v) is 6.63. The zero-order valence-corrected chi connectivity index (χ0v) is 10.9. The highest BCUT2D eigenvalue weighted by molar-refractivity contribution is 6.17. The molecule has 0 bridgehead atoms. The van der Waals surface area contributed by atoms with Crippen molar-refractivity contribution in [1.29, 1.82) is 0 Å². The zero-order valence-electron chi connectivity index (χ0n) is 10.2. The van der Waals surface area contributed by atoms with Gasteiger partial charge in [-0.15, -0.1) is 11.6 Å². The topological polar surface area (TPSA) is 3.24 Å². The molecule has 0 saturated heterocycles. The summed E-state index contributed by atoms with van der Waals surface area (Å²) in [6.07, 6.45) is 0.856. The number of rotatable bonds is 2. The van der Waals surface area contributed by atoms with Crippen LogP contribution in [0.3, 0.4) is 0 Å². The lowest BCUT2D eigenvalue weighted by Gasteiger charge is -2.22. The maximum atomic E-state index is 13.4. The average Bonchev–Trinajstić information content (AvgIpc) is 2.81. The third-order valence-corrected chi connectivity index (χ3v) is 3.71. The van der Waals surface area contributed by atoms with Gasteiger partial charge in [0.2, 0.25) is 0 Å². The van der Waals surface area contributed by atoms with Crippen molar-refractivity contribution in [3.05, 3.63) is 59.2 Å². The first-order valence-electron chi connectivity index (χ1n) is 6.09. The summed E-state index contributed by atoms with van der Waals surface area (Å²) in [6, 6.07) is 9.32. The maximum Gasteiger partial charge on any atom is 0.125 e. The predicted molar refractivity (Wildman–Crippen MR) is 73.1 cm³/mol. The van der Waals surface area contributed by atoms with E-state index in [4.69, 9.17) is 11.6 Å². The Balaban J connectivity index is 2.08. The Labute approximate surface area is 115 Å². The largest absolute Gasteiger partial charge is 0.341 e. The third-order valence-electron chi connectivity index (χ3n) is 3.42. The van der Waals surface area contributed by atoms with Crippen molar-refractivity contribution in [1.82, 2.24) is 0 Å². The van der Waals surface area contributed by atoms with Crippen molar-refractivity contribution in [2.24, 2.45) is 0 Å². The standard InChI is InChI=1S/C15H12ClF2N/c16-9-11-7-12(17)3-4-14(11)19-6-5-10-1-2-13(18)8-15(10)19/h1-4,7-8H,5-6,9H2. The molecule has 2 aromatic rings. The van der Waals surface area contributed by atoms with E-state index in [-0.39, 0.29) is 17.5 Å². The molecule has 0 fully saturated rings. The van der Waals surface area contributed by atoms with Gasteiger partial charge in [-0.25, -0.2) is 8.78 Å². The van der Waals surface area contributed by atoms with Crippen LogP contribution in [0.4, 0.5) is 20.2 Å². The van der Waals surface area contributed by atoms with Crippen LogP contribution in [0, 0.1) is 11.6 Å². The van der Waals surface area contributed by atoms with Gasteiger partial charge in [0.25, 0.3) is 0 Å². The van der Waals surface area contributed by atoms with Crippen LogP contribution in [0.1, 0.15) is 11.1 Å². The summed E-state index contributed by atoms with van der Waals surface area (Å²) in [7, 11) is 0. The average molecular weight is 280 g/mol.